The van der Waals surface area contributed by atoms with Crippen LogP contribution in [0.5, 0.6) is 11.8 Å². The highest BCUT2D eigenvalue weighted by Crippen LogP contribution is 2.33. The molecule has 0 fully saturated rings. The fourth-order valence-electron chi connectivity index (χ4n) is 1.07. The summed E-state index contributed by atoms with van der Waals surface area (Å²) in [5.74, 6) is -0.160. The summed E-state index contributed by atoms with van der Waals surface area (Å²) in [5.41, 5.74) is 0.534. The first-order valence-corrected chi connectivity index (χ1v) is 6.13. The summed E-state index contributed by atoms with van der Waals surface area (Å²) in [6.07, 6.45) is 1.35. The zero-order chi connectivity index (χ0) is 12.4. The van der Waals surface area contributed by atoms with Crippen LogP contribution in [0.3, 0.4) is 0 Å². The van der Waals surface area contributed by atoms with Crippen molar-refractivity contribution in [3.05, 3.63) is 39.4 Å². The van der Waals surface area contributed by atoms with E-state index in [-0.39, 0.29) is 22.7 Å². The van der Waals surface area contributed by atoms with Crippen molar-refractivity contribution in [3.8, 4) is 11.8 Å². The molecule has 90 valence electrons. The molecule has 0 unspecified atom stereocenters. The van der Waals surface area contributed by atoms with Gasteiger partial charge < -0.3 is 9.15 Å². The van der Waals surface area contributed by atoms with Gasteiger partial charge in [0.25, 0.3) is 0 Å². The first-order chi connectivity index (χ1) is 8.10. The lowest BCUT2D eigenvalue weighted by Gasteiger charge is -2.04. The molecule has 1 aromatic carbocycles. The molecule has 0 N–H and O–H groups in total. The van der Waals surface area contributed by atoms with Crippen LogP contribution >= 0.6 is 39.1 Å². The largest absolute Gasteiger partial charge is 0.417 e. The van der Waals surface area contributed by atoms with Gasteiger partial charge in [0.1, 0.15) is 17.8 Å². The third kappa shape index (κ3) is 2.91. The number of hydrogen-bond acceptors (Lipinski definition) is 3. The van der Waals surface area contributed by atoms with E-state index in [2.05, 4.69) is 20.9 Å². The normalized spacial score (nSPS) is 10.6. The van der Waals surface area contributed by atoms with Crippen molar-refractivity contribution in [2.24, 2.45) is 0 Å². The fraction of sp³-hybridized carbons (Fsp3) is 0.100. The predicted molar refractivity (Wildman–Crippen MR) is 65.2 cm³/mol. The number of rotatable bonds is 3. The Balaban J connectivity index is 2.26. The van der Waals surface area contributed by atoms with Gasteiger partial charge in [0.15, 0.2) is 0 Å². The third-order valence-corrected chi connectivity index (χ3v) is 3.02. The number of hydrogen-bond donors (Lipinski definition) is 0. The second kappa shape index (κ2) is 5.25. The summed E-state index contributed by atoms with van der Waals surface area (Å²) < 4.78 is 24.0. The van der Waals surface area contributed by atoms with Crippen molar-refractivity contribution in [2.75, 3.05) is 0 Å². The number of benzene rings is 1. The van der Waals surface area contributed by atoms with Crippen LogP contribution in [0.4, 0.5) is 4.39 Å². The Labute approximate surface area is 115 Å². The monoisotopic (exact) mass is 339 g/mol. The maximum atomic E-state index is 13.2. The number of ether oxygens (including phenoxy) is 1. The van der Waals surface area contributed by atoms with E-state index in [4.69, 9.17) is 32.4 Å². The summed E-state index contributed by atoms with van der Waals surface area (Å²) in [6, 6.07) is 2.52. The molecule has 0 bridgehead atoms. The highest BCUT2D eigenvalue weighted by Gasteiger charge is 2.12. The first-order valence-electron chi connectivity index (χ1n) is 4.43. The number of aromatic nitrogens is 1. The van der Waals surface area contributed by atoms with Crippen LogP contribution < -0.4 is 4.74 Å². The van der Waals surface area contributed by atoms with Gasteiger partial charge in [0, 0.05) is 6.07 Å². The minimum Gasteiger partial charge on any atom is -0.417 e. The molecule has 0 spiro atoms. The Morgan fingerprint density at radius 1 is 1.47 bits per heavy atom. The molecule has 3 nitrogen and oxygen atoms in total. The van der Waals surface area contributed by atoms with E-state index in [1.54, 1.807) is 0 Å². The zero-order valence-electron chi connectivity index (χ0n) is 8.21. The highest BCUT2D eigenvalue weighted by atomic mass is 79.9. The molecule has 0 amide bonds. The van der Waals surface area contributed by atoms with Crippen molar-refractivity contribution in [2.45, 2.75) is 5.88 Å². The summed E-state index contributed by atoms with van der Waals surface area (Å²) in [6.45, 7) is 0. The molecule has 1 heterocycles. The molecule has 0 atom stereocenters. The maximum absolute atomic E-state index is 13.2. The van der Waals surface area contributed by atoms with Crippen LogP contribution in [0, 0.1) is 5.82 Å². The van der Waals surface area contributed by atoms with Crippen molar-refractivity contribution < 1.29 is 13.5 Å². The van der Waals surface area contributed by atoms with Gasteiger partial charge in [0.05, 0.1) is 21.1 Å². The number of halogens is 4. The average Bonchev–Trinajstić information content (AvgIpc) is 2.73. The topological polar surface area (TPSA) is 35.3 Å². The van der Waals surface area contributed by atoms with E-state index in [1.807, 2.05) is 0 Å². The Morgan fingerprint density at radius 3 is 2.88 bits per heavy atom. The van der Waals surface area contributed by atoms with Gasteiger partial charge in [-0.15, -0.1) is 11.6 Å². The molecular formula is C10H5BrCl2FNO2. The maximum Gasteiger partial charge on any atom is 0.399 e. The van der Waals surface area contributed by atoms with Crippen LogP contribution in [0.15, 0.2) is 27.3 Å². The van der Waals surface area contributed by atoms with Crippen LogP contribution in [-0.2, 0) is 5.88 Å². The van der Waals surface area contributed by atoms with Gasteiger partial charge in [-0.2, -0.15) is 4.98 Å². The molecule has 17 heavy (non-hydrogen) atoms. The van der Waals surface area contributed by atoms with E-state index in [1.165, 1.54) is 12.3 Å². The first kappa shape index (κ1) is 12.7. The Hall–Kier alpha value is -0.780. The molecule has 0 aliphatic heterocycles. The molecule has 2 aromatic rings. The van der Waals surface area contributed by atoms with E-state index in [0.717, 1.165) is 6.07 Å². The SMILES string of the molecule is Fc1cc(Oc2nc(CCl)co2)c(Br)cc1Cl. The summed E-state index contributed by atoms with van der Waals surface area (Å²) in [7, 11) is 0. The third-order valence-electron chi connectivity index (χ3n) is 1.84. The standard InChI is InChI=1S/C10H5BrCl2FNO2/c11-6-1-7(13)8(14)2-9(6)17-10-15-5(3-12)4-16-10/h1-2,4H,3H2. The quantitative estimate of drug-likeness (QED) is 0.596. The van der Waals surface area contributed by atoms with E-state index >= 15 is 0 Å². The van der Waals surface area contributed by atoms with Crippen molar-refractivity contribution >= 4 is 39.1 Å². The minimum atomic E-state index is -0.589. The number of alkyl halides is 1. The molecular weight excluding hydrogens is 336 g/mol. The molecule has 0 saturated heterocycles. The molecule has 0 saturated carbocycles. The van der Waals surface area contributed by atoms with Gasteiger partial charge in [-0.05, 0) is 22.0 Å². The second-order valence-electron chi connectivity index (χ2n) is 3.04. The van der Waals surface area contributed by atoms with Gasteiger partial charge in [-0.25, -0.2) is 4.39 Å². The average molecular weight is 341 g/mol. The van der Waals surface area contributed by atoms with Gasteiger partial charge in [-0.1, -0.05) is 11.6 Å². The minimum absolute atomic E-state index is 0.00178. The predicted octanol–water partition coefficient (Wildman–Crippen LogP) is 4.76. The van der Waals surface area contributed by atoms with Crippen LogP contribution in [0.1, 0.15) is 5.69 Å². The van der Waals surface area contributed by atoms with E-state index < -0.39 is 5.82 Å². The highest BCUT2D eigenvalue weighted by molar-refractivity contribution is 9.10. The number of nitrogens with zero attached hydrogens (tertiary/aromatic N) is 1. The van der Waals surface area contributed by atoms with E-state index in [9.17, 15) is 4.39 Å². The van der Waals surface area contributed by atoms with Crippen molar-refractivity contribution in [1.29, 1.82) is 0 Å². The molecule has 0 aliphatic carbocycles. The fourth-order valence-corrected chi connectivity index (χ4v) is 1.92. The van der Waals surface area contributed by atoms with Crippen molar-refractivity contribution in [3.63, 3.8) is 0 Å². The zero-order valence-corrected chi connectivity index (χ0v) is 11.3. The smallest absolute Gasteiger partial charge is 0.399 e. The summed E-state index contributed by atoms with van der Waals surface area (Å²) >= 11 is 14.3. The Morgan fingerprint density at radius 2 is 2.24 bits per heavy atom. The summed E-state index contributed by atoms with van der Waals surface area (Å²) in [4.78, 5) is 3.92. The molecule has 7 heteroatoms. The molecule has 2 rings (SSSR count). The molecule has 0 radical (unpaired) electrons. The van der Waals surface area contributed by atoms with E-state index in [0.29, 0.717) is 10.2 Å². The lowest BCUT2D eigenvalue weighted by Crippen LogP contribution is -1.88. The molecule has 1 aromatic heterocycles. The van der Waals surface area contributed by atoms with Gasteiger partial charge in [0.2, 0.25) is 0 Å². The lowest BCUT2D eigenvalue weighted by molar-refractivity contribution is 0.328. The number of oxazole rings is 1. The Bertz CT molecular complexity index is 547. The second-order valence-corrected chi connectivity index (χ2v) is 4.57. The summed E-state index contributed by atoms with van der Waals surface area (Å²) in [5, 5.41) is -0.00178. The van der Waals surface area contributed by atoms with Gasteiger partial charge in [-0.3, -0.25) is 0 Å². The van der Waals surface area contributed by atoms with Crippen molar-refractivity contribution in [1.82, 2.24) is 4.98 Å². The van der Waals surface area contributed by atoms with Crippen LogP contribution in [0.25, 0.3) is 0 Å². The Kier molecular flexibility index (Phi) is 3.91. The van der Waals surface area contributed by atoms with Crippen LogP contribution in [0.2, 0.25) is 5.02 Å². The lowest BCUT2D eigenvalue weighted by atomic mass is 10.3. The molecule has 0 aliphatic rings. The van der Waals surface area contributed by atoms with Crippen LogP contribution in [-0.4, -0.2) is 4.98 Å². The van der Waals surface area contributed by atoms with Gasteiger partial charge >= 0.3 is 6.08 Å².